The molecule has 0 spiro atoms. The number of rotatable bonds is 6. The van der Waals surface area contributed by atoms with Gasteiger partial charge in [-0.15, -0.1) is 11.3 Å². The summed E-state index contributed by atoms with van der Waals surface area (Å²) >= 11 is 5.36. The molecule has 0 bridgehead atoms. The molecule has 1 aliphatic rings. The molecule has 0 aromatic carbocycles. The van der Waals surface area contributed by atoms with Gasteiger partial charge in [-0.1, -0.05) is 0 Å². The Labute approximate surface area is 141 Å². The molecule has 0 amide bonds. The molecule has 4 nitrogen and oxygen atoms in total. The van der Waals surface area contributed by atoms with Gasteiger partial charge in [0.15, 0.2) is 0 Å². The van der Waals surface area contributed by atoms with Crippen molar-refractivity contribution in [1.29, 1.82) is 0 Å². The van der Waals surface area contributed by atoms with Crippen LogP contribution in [0.15, 0.2) is 15.9 Å². The van der Waals surface area contributed by atoms with Gasteiger partial charge < -0.3 is 10.6 Å². The van der Waals surface area contributed by atoms with Crippen LogP contribution >= 0.6 is 27.3 Å². The van der Waals surface area contributed by atoms with Crippen molar-refractivity contribution in [3.05, 3.63) is 20.8 Å². The molecule has 120 valence electrons. The molecule has 1 aromatic heterocycles. The van der Waals surface area contributed by atoms with E-state index in [2.05, 4.69) is 63.1 Å². The number of hydrogen-bond acceptors (Lipinski definition) is 5. The minimum absolute atomic E-state index is 0.156. The average Bonchev–Trinajstić information content (AvgIpc) is 2.84. The first-order valence-electron chi connectivity index (χ1n) is 7.58. The smallest absolute Gasteiger partial charge is 0.0592 e. The van der Waals surface area contributed by atoms with E-state index in [9.17, 15) is 0 Å². The summed E-state index contributed by atoms with van der Waals surface area (Å²) in [5, 5.41) is 2.15. The van der Waals surface area contributed by atoms with Gasteiger partial charge in [-0.2, -0.15) is 0 Å². The van der Waals surface area contributed by atoms with Crippen LogP contribution in [0.2, 0.25) is 0 Å². The third-order valence-corrected chi connectivity index (χ3v) is 5.81. The van der Waals surface area contributed by atoms with Crippen LogP contribution < -0.4 is 5.73 Å². The number of hydrogen-bond donors (Lipinski definition) is 1. The van der Waals surface area contributed by atoms with E-state index < -0.39 is 0 Å². The maximum Gasteiger partial charge on any atom is 0.0592 e. The van der Waals surface area contributed by atoms with Crippen LogP contribution in [-0.2, 0) is 0 Å². The van der Waals surface area contributed by atoms with Crippen LogP contribution in [0.3, 0.4) is 0 Å². The van der Waals surface area contributed by atoms with Crippen LogP contribution in [0.4, 0.5) is 0 Å². The predicted molar refractivity (Wildman–Crippen MR) is 95.0 cm³/mol. The Kier molecular flexibility index (Phi) is 6.65. The Balaban J connectivity index is 1.92. The summed E-state index contributed by atoms with van der Waals surface area (Å²) in [5.74, 6) is 0. The Morgan fingerprint density at radius 2 is 2.00 bits per heavy atom. The molecule has 0 radical (unpaired) electrons. The molecule has 1 aliphatic heterocycles. The van der Waals surface area contributed by atoms with Gasteiger partial charge in [0.1, 0.15) is 0 Å². The first kappa shape index (κ1) is 17.4. The van der Waals surface area contributed by atoms with E-state index in [0.717, 1.165) is 43.7 Å². The molecule has 2 atom stereocenters. The summed E-state index contributed by atoms with van der Waals surface area (Å²) in [6, 6.07) is 2.72. The van der Waals surface area contributed by atoms with Crippen molar-refractivity contribution >= 4 is 27.3 Å². The molecule has 2 unspecified atom stereocenters. The molecule has 2 rings (SSSR count). The van der Waals surface area contributed by atoms with E-state index in [1.54, 1.807) is 11.3 Å². The number of nitrogens with two attached hydrogens (primary N) is 1. The van der Waals surface area contributed by atoms with Gasteiger partial charge >= 0.3 is 0 Å². The fourth-order valence-electron chi connectivity index (χ4n) is 2.86. The third-order valence-electron chi connectivity index (χ3n) is 4.04. The van der Waals surface area contributed by atoms with E-state index >= 15 is 0 Å². The first-order valence-corrected chi connectivity index (χ1v) is 9.25. The second-order valence-electron chi connectivity index (χ2n) is 6.15. The molecule has 1 fully saturated rings. The van der Waals surface area contributed by atoms with Crippen molar-refractivity contribution in [2.45, 2.75) is 19.0 Å². The molecular weight excluding hydrogens is 348 g/mol. The predicted octanol–water partition coefficient (Wildman–Crippen LogP) is 2.08. The summed E-state index contributed by atoms with van der Waals surface area (Å²) < 4.78 is 1.16. The highest BCUT2D eigenvalue weighted by atomic mass is 79.9. The summed E-state index contributed by atoms with van der Waals surface area (Å²) in [5.41, 5.74) is 6.27. The van der Waals surface area contributed by atoms with Crippen molar-refractivity contribution < 1.29 is 0 Å². The van der Waals surface area contributed by atoms with Crippen molar-refractivity contribution in [3.8, 4) is 0 Å². The summed E-state index contributed by atoms with van der Waals surface area (Å²) in [6.07, 6.45) is 0. The highest BCUT2D eigenvalue weighted by Gasteiger charge is 2.28. The second kappa shape index (κ2) is 8.04. The lowest BCUT2D eigenvalue weighted by Crippen LogP contribution is -2.51. The maximum absolute atomic E-state index is 6.27. The van der Waals surface area contributed by atoms with Gasteiger partial charge in [0, 0.05) is 60.0 Å². The average molecular weight is 375 g/mol. The van der Waals surface area contributed by atoms with Crippen molar-refractivity contribution in [2.75, 3.05) is 53.4 Å². The second-order valence-corrected chi connectivity index (χ2v) is 8.01. The number of piperazine rings is 1. The lowest BCUT2D eigenvalue weighted by Gasteiger charge is -2.40. The largest absolute Gasteiger partial charge is 0.326 e. The van der Waals surface area contributed by atoms with E-state index in [1.807, 2.05) is 0 Å². The van der Waals surface area contributed by atoms with Crippen LogP contribution in [0.5, 0.6) is 0 Å². The highest BCUT2D eigenvalue weighted by Crippen LogP contribution is 2.31. The minimum Gasteiger partial charge on any atom is -0.326 e. The zero-order chi connectivity index (χ0) is 15.4. The van der Waals surface area contributed by atoms with E-state index in [1.165, 1.54) is 4.88 Å². The van der Waals surface area contributed by atoms with Crippen LogP contribution in [0, 0.1) is 0 Å². The molecule has 6 heteroatoms. The molecule has 0 aliphatic carbocycles. The zero-order valence-corrected chi connectivity index (χ0v) is 15.7. The van der Waals surface area contributed by atoms with Gasteiger partial charge in [0.05, 0.1) is 6.04 Å². The molecule has 21 heavy (non-hydrogen) atoms. The van der Waals surface area contributed by atoms with Crippen LogP contribution in [0.25, 0.3) is 0 Å². The molecule has 0 saturated carbocycles. The van der Waals surface area contributed by atoms with Gasteiger partial charge in [-0.05, 0) is 43.0 Å². The standard InChI is InChI=1S/C15H27BrN4S/c1-12(17)15(14-10-13(16)11-21-14)20-8-6-19(7-9-20)5-4-18(2)3/h10-12,15H,4-9,17H2,1-3H3. The van der Waals surface area contributed by atoms with Gasteiger partial charge in [0.25, 0.3) is 0 Å². The van der Waals surface area contributed by atoms with E-state index in [4.69, 9.17) is 5.73 Å². The van der Waals surface area contributed by atoms with Crippen molar-refractivity contribution in [2.24, 2.45) is 5.73 Å². The molecule has 2 N–H and O–H groups in total. The fourth-order valence-corrected chi connectivity index (χ4v) is 4.55. The number of nitrogens with zero attached hydrogens (tertiary/aromatic N) is 3. The summed E-state index contributed by atoms with van der Waals surface area (Å²) in [4.78, 5) is 8.73. The van der Waals surface area contributed by atoms with Gasteiger partial charge in [-0.3, -0.25) is 9.80 Å². The number of halogens is 1. The normalized spacial score (nSPS) is 20.9. The SMILES string of the molecule is CC(N)C(c1cc(Br)cs1)N1CCN(CCN(C)C)CC1. The zero-order valence-electron chi connectivity index (χ0n) is 13.3. The molecule has 1 saturated heterocycles. The fraction of sp³-hybridized carbons (Fsp3) is 0.733. The van der Waals surface area contributed by atoms with Crippen LogP contribution in [0.1, 0.15) is 17.8 Å². The quantitative estimate of drug-likeness (QED) is 0.826. The van der Waals surface area contributed by atoms with Crippen molar-refractivity contribution in [1.82, 2.24) is 14.7 Å². The summed E-state index contributed by atoms with van der Waals surface area (Å²) in [6.45, 7) is 8.91. The first-order chi connectivity index (χ1) is 9.97. The monoisotopic (exact) mass is 374 g/mol. The summed E-state index contributed by atoms with van der Waals surface area (Å²) in [7, 11) is 4.27. The Bertz CT molecular complexity index is 427. The lowest BCUT2D eigenvalue weighted by molar-refractivity contribution is 0.0844. The molecule has 1 aromatic rings. The van der Waals surface area contributed by atoms with Gasteiger partial charge in [-0.25, -0.2) is 0 Å². The number of likely N-dealkylation sites (N-methyl/N-ethyl adjacent to an activating group) is 1. The number of thiophene rings is 1. The Hall–Kier alpha value is 0.0200. The van der Waals surface area contributed by atoms with Gasteiger partial charge in [0.2, 0.25) is 0 Å². The van der Waals surface area contributed by atoms with Crippen molar-refractivity contribution in [3.63, 3.8) is 0 Å². The molecular formula is C15H27BrN4S. The topological polar surface area (TPSA) is 35.7 Å². The Morgan fingerprint density at radius 3 is 2.48 bits per heavy atom. The molecule has 2 heterocycles. The Morgan fingerprint density at radius 1 is 1.33 bits per heavy atom. The highest BCUT2D eigenvalue weighted by molar-refractivity contribution is 9.10. The lowest BCUT2D eigenvalue weighted by atomic mass is 10.1. The van der Waals surface area contributed by atoms with E-state index in [0.29, 0.717) is 6.04 Å². The van der Waals surface area contributed by atoms with Crippen LogP contribution in [-0.4, -0.2) is 74.1 Å². The van der Waals surface area contributed by atoms with E-state index in [-0.39, 0.29) is 6.04 Å². The third kappa shape index (κ3) is 5.01. The maximum atomic E-state index is 6.27. The minimum atomic E-state index is 0.156.